The first-order valence-electron chi connectivity index (χ1n) is 6.91. The average molecular weight is 258 g/mol. The Kier molecular flexibility index (Phi) is 6.37. The molecule has 0 amide bonds. The lowest BCUT2D eigenvalue weighted by Gasteiger charge is -2.23. The highest BCUT2D eigenvalue weighted by Crippen LogP contribution is 2.16. The molecule has 0 aliphatic heterocycles. The predicted molar refractivity (Wildman–Crippen MR) is 85.1 cm³/mol. The quantitative estimate of drug-likeness (QED) is 0.755. The van der Waals surface area contributed by atoms with E-state index >= 15 is 0 Å². The molecular weight excluding hydrogens is 232 g/mol. The van der Waals surface area contributed by atoms with E-state index in [2.05, 4.69) is 62.0 Å². The van der Waals surface area contributed by atoms with Gasteiger partial charge in [-0.05, 0) is 43.6 Å². The molecule has 1 rings (SSSR count). The van der Waals surface area contributed by atoms with Crippen LogP contribution in [0.3, 0.4) is 0 Å². The molecule has 0 aliphatic rings. The van der Waals surface area contributed by atoms with E-state index in [4.69, 9.17) is 0 Å². The number of nitrogens with one attached hydrogen (secondary N) is 1. The van der Waals surface area contributed by atoms with Crippen LogP contribution in [0, 0.1) is 0 Å². The van der Waals surface area contributed by atoms with Crippen LogP contribution in [-0.2, 0) is 6.42 Å². The molecule has 19 heavy (non-hydrogen) atoms. The Labute approximate surface area is 117 Å². The Morgan fingerprint density at radius 2 is 2.00 bits per heavy atom. The molecule has 0 bridgehead atoms. The number of benzene rings is 1. The standard InChI is InChI=1S/C17H26N2/c1-6-16(13-18-4)17-10-8-15(9-11-17)12-14(3)19(5)7-2/h6,8-11,13-14,18H,1,7,12H2,2-5H3/b16-13+. The van der Waals surface area contributed by atoms with Crippen molar-refractivity contribution in [3.8, 4) is 0 Å². The van der Waals surface area contributed by atoms with Gasteiger partial charge in [0.2, 0.25) is 0 Å². The van der Waals surface area contributed by atoms with Crippen LogP contribution in [0.4, 0.5) is 0 Å². The molecule has 0 heterocycles. The van der Waals surface area contributed by atoms with Crippen LogP contribution in [-0.4, -0.2) is 31.6 Å². The highest BCUT2D eigenvalue weighted by molar-refractivity contribution is 5.73. The third-order valence-electron chi connectivity index (χ3n) is 3.59. The number of allylic oxidation sites excluding steroid dienone is 2. The molecule has 0 radical (unpaired) electrons. The summed E-state index contributed by atoms with van der Waals surface area (Å²) in [5.74, 6) is 0. The maximum atomic E-state index is 3.85. The predicted octanol–water partition coefficient (Wildman–Crippen LogP) is 3.32. The van der Waals surface area contributed by atoms with Crippen molar-refractivity contribution in [2.75, 3.05) is 20.6 Å². The van der Waals surface area contributed by atoms with Crippen LogP contribution in [0.2, 0.25) is 0 Å². The molecule has 1 N–H and O–H groups in total. The van der Waals surface area contributed by atoms with E-state index in [1.54, 1.807) is 0 Å². The third kappa shape index (κ3) is 4.56. The van der Waals surface area contributed by atoms with Gasteiger partial charge < -0.3 is 10.2 Å². The Morgan fingerprint density at radius 1 is 1.37 bits per heavy atom. The number of rotatable bonds is 7. The zero-order valence-corrected chi connectivity index (χ0v) is 12.6. The minimum atomic E-state index is 0.572. The molecule has 1 aromatic rings. The van der Waals surface area contributed by atoms with Gasteiger partial charge in [0.15, 0.2) is 0 Å². The van der Waals surface area contributed by atoms with Crippen molar-refractivity contribution < 1.29 is 0 Å². The van der Waals surface area contributed by atoms with Gasteiger partial charge in [-0.15, -0.1) is 0 Å². The molecule has 2 nitrogen and oxygen atoms in total. The van der Waals surface area contributed by atoms with Gasteiger partial charge in [-0.25, -0.2) is 0 Å². The van der Waals surface area contributed by atoms with Crippen molar-refractivity contribution in [1.29, 1.82) is 0 Å². The maximum Gasteiger partial charge on any atom is 0.0104 e. The molecular formula is C17H26N2. The van der Waals surface area contributed by atoms with Gasteiger partial charge in [0, 0.05) is 19.3 Å². The van der Waals surface area contributed by atoms with Gasteiger partial charge in [0.25, 0.3) is 0 Å². The van der Waals surface area contributed by atoms with Gasteiger partial charge >= 0.3 is 0 Å². The van der Waals surface area contributed by atoms with Crippen molar-refractivity contribution in [2.24, 2.45) is 0 Å². The molecule has 0 aromatic heterocycles. The molecule has 0 saturated carbocycles. The van der Waals surface area contributed by atoms with Crippen molar-refractivity contribution in [2.45, 2.75) is 26.3 Å². The first kappa shape index (κ1) is 15.5. The summed E-state index contributed by atoms with van der Waals surface area (Å²) in [5, 5.41) is 3.05. The minimum Gasteiger partial charge on any atom is -0.393 e. The van der Waals surface area contributed by atoms with Gasteiger partial charge in [-0.1, -0.05) is 43.8 Å². The lowest BCUT2D eigenvalue weighted by atomic mass is 10.0. The molecule has 0 saturated heterocycles. The second kappa shape index (κ2) is 7.80. The molecule has 0 fully saturated rings. The SMILES string of the molecule is C=C/C(=C\NC)c1ccc(CC(C)N(C)CC)cc1. The normalized spacial score (nSPS) is 13.4. The highest BCUT2D eigenvalue weighted by Gasteiger charge is 2.08. The van der Waals surface area contributed by atoms with Crippen molar-refractivity contribution in [3.05, 3.63) is 54.2 Å². The summed E-state index contributed by atoms with van der Waals surface area (Å²) in [6.07, 6.45) is 4.93. The Hall–Kier alpha value is -1.54. The summed E-state index contributed by atoms with van der Waals surface area (Å²) in [4.78, 5) is 2.37. The van der Waals surface area contributed by atoms with E-state index in [0.717, 1.165) is 18.5 Å². The Bertz CT molecular complexity index is 417. The van der Waals surface area contributed by atoms with E-state index in [1.807, 2.05) is 19.3 Å². The minimum absolute atomic E-state index is 0.572. The van der Waals surface area contributed by atoms with Crippen LogP contribution in [0.25, 0.3) is 5.57 Å². The Morgan fingerprint density at radius 3 is 2.47 bits per heavy atom. The average Bonchev–Trinajstić information content (AvgIpc) is 2.44. The van der Waals surface area contributed by atoms with Crippen LogP contribution < -0.4 is 5.32 Å². The molecule has 2 heteroatoms. The lowest BCUT2D eigenvalue weighted by molar-refractivity contribution is 0.270. The summed E-state index contributed by atoms with van der Waals surface area (Å²) < 4.78 is 0. The van der Waals surface area contributed by atoms with E-state index < -0.39 is 0 Å². The van der Waals surface area contributed by atoms with Gasteiger partial charge in [0.05, 0.1) is 0 Å². The number of likely N-dealkylation sites (N-methyl/N-ethyl adjacent to an activating group) is 1. The summed E-state index contributed by atoms with van der Waals surface area (Å²) in [7, 11) is 4.07. The van der Waals surface area contributed by atoms with Crippen LogP contribution in [0.5, 0.6) is 0 Å². The smallest absolute Gasteiger partial charge is 0.0104 e. The fraction of sp³-hybridized carbons (Fsp3) is 0.412. The second-order valence-corrected chi connectivity index (χ2v) is 4.92. The zero-order chi connectivity index (χ0) is 14.3. The van der Waals surface area contributed by atoms with E-state index in [0.29, 0.717) is 6.04 Å². The monoisotopic (exact) mass is 258 g/mol. The summed E-state index contributed by atoms with van der Waals surface area (Å²) in [6.45, 7) is 9.40. The fourth-order valence-corrected chi connectivity index (χ4v) is 2.06. The van der Waals surface area contributed by atoms with Gasteiger partial charge in [-0.2, -0.15) is 0 Å². The molecule has 1 atom stereocenters. The van der Waals surface area contributed by atoms with E-state index in [1.165, 1.54) is 11.1 Å². The molecule has 0 aliphatic carbocycles. The summed E-state index contributed by atoms with van der Waals surface area (Å²) >= 11 is 0. The topological polar surface area (TPSA) is 15.3 Å². The van der Waals surface area contributed by atoms with Crippen molar-refractivity contribution in [1.82, 2.24) is 10.2 Å². The molecule has 104 valence electrons. The first-order valence-corrected chi connectivity index (χ1v) is 6.91. The third-order valence-corrected chi connectivity index (χ3v) is 3.59. The summed E-state index contributed by atoms with van der Waals surface area (Å²) in [5.41, 5.74) is 3.70. The van der Waals surface area contributed by atoms with E-state index in [9.17, 15) is 0 Å². The first-order chi connectivity index (χ1) is 9.12. The highest BCUT2D eigenvalue weighted by atomic mass is 15.1. The molecule has 0 spiro atoms. The molecule has 1 unspecified atom stereocenters. The zero-order valence-electron chi connectivity index (χ0n) is 12.6. The number of nitrogens with zero attached hydrogens (tertiary/aromatic N) is 1. The van der Waals surface area contributed by atoms with Crippen LogP contribution in [0.1, 0.15) is 25.0 Å². The number of hydrogen-bond acceptors (Lipinski definition) is 2. The number of hydrogen-bond donors (Lipinski definition) is 1. The van der Waals surface area contributed by atoms with Crippen LogP contribution in [0.15, 0.2) is 43.1 Å². The van der Waals surface area contributed by atoms with Gasteiger partial charge in [0.1, 0.15) is 0 Å². The van der Waals surface area contributed by atoms with Crippen molar-refractivity contribution in [3.63, 3.8) is 0 Å². The lowest BCUT2D eigenvalue weighted by Crippen LogP contribution is -2.30. The Balaban J connectivity index is 2.76. The second-order valence-electron chi connectivity index (χ2n) is 4.92. The van der Waals surface area contributed by atoms with Crippen molar-refractivity contribution >= 4 is 5.57 Å². The van der Waals surface area contributed by atoms with Gasteiger partial charge in [-0.3, -0.25) is 0 Å². The fourth-order valence-electron chi connectivity index (χ4n) is 2.06. The van der Waals surface area contributed by atoms with Crippen LogP contribution >= 0.6 is 0 Å². The largest absolute Gasteiger partial charge is 0.393 e. The maximum absolute atomic E-state index is 3.85. The summed E-state index contributed by atoms with van der Waals surface area (Å²) in [6, 6.07) is 9.32. The molecule has 1 aromatic carbocycles. The van der Waals surface area contributed by atoms with E-state index in [-0.39, 0.29) is 0 Å².